The molecule has 2 aromatic carbocycles. The molecule has 106 valence electrons. The number of rotatable bonds is 5. The third-order valence-corrected chi connectivity index (χ3v) is 4.08. The summed E-state index contributed by atoms with van der Waals surface area (Å²) in [6.45, 7) is 0. The highest BCUT2D eigenvalue weighted by atomic mass is 79.9. The van der Waals surface area contributed by atoms with Crippen LogP contribution in [0.15, 0.2) is 46.9 Å². The predicted octanol–water partition coefficient (Wildman–Crippen LogP) is 5.37. The summed E-state index contributed by atoms with van der Waals surface area (Å²) >= 11 is 9.31. The molecule has 0 heterocycles. The SMILES string of the molecule is Fc1cccc(CC(CCl)Cc2cc(Br)ccc2F)c1. The third-order valence-electron chi connectivity index (χ3n) is 3.15. The largest absolute Gasteiger partial charge is 0.207 e. The molecule has 1 unspecified atom stereocenters. The Labute approximate surface area is 130 Å². The first-order valence-electron chi connectivity index (χ1n) is 6.33. The van der Waals surface area contributed by atoms with Crippen molar-refractivity contribution in [3.63, 3.8) is 0 Å². The summed E-state index contributed by atoms with van der Waals surface area (Å²) in [5, 5.41) is 0. The van der Waals surface area contributed by atoms with Gasteiger partial charge in [0, 0.05) is 10.4 Å². The Kier molecular flexibility index (Phi) is 5.55. The molecule has 0 saturated heterocycles. The standard InChI is InChI=1S/C16H14BrClF2/c17-14-4-5-16(20)13(9-14)7-12(10-18)6-11-2-1-3-15(19)8-11/h1-5,8-9,12H,6-7,10H2. The highest BCUT2D eigenvalue weighted by Crippen LogP contribution is 2.22. The average Bonchev–Trinajstić information content (AvgIpc) is 2.42. The summed E-state index contributed by atoms with van der Waals surface area (Å²) in [4.78, 5) is 0. The van der Waals surface area contributed by atoms with Crippen LogP contribution in [0.5, 0.6) is 0 Å². The van der Waals surface area contributed by atoms with Gasteiger partial charge < -0.3 is 0 Å². The monoisotopic (exact) mass is 358 g/mol. The third kappa shape index (κ3) is 4.29. The average molecular weight is 360 g/mol. The Morgan fingerprint density at radius 3 is 2.55 bits per heavy atom. The van der Waals surface area contributed by atoms with Gasteiger partial charge in [-0.2, -0.15) is 0 Å². The second kappa shape index (κ2) is 7.19. The molecular formula is C16H14BrClF2. The number of halogens is 4. The van der Waals surface area contributed by atoms with Crippen molar-refractivity contribution in [2.75, 3.05) is 5.88 Å². The zero-order valence-corrected chi connectivity index (χ0v) is 13.1. The maximum Gasteiger partial charge on any atom is 0.126 e. The van der Waals surface area contributed by atoms with E-state index in [0.29, 0.717) is 24.3 Å². The van der Waals surface area contributed by atoms with Gasteiger partial charge in [0.15, 0.2) is 0 Å². The molecule has 0 aliphatic heterocycles. The molecule has 0 bridgehead atoms. The Balaban J connectivity index is 2.11. The summed E-state index contributed by atoms with van der Waals surface area (Å²) in [7, 11) is 0. The summed E-state index contributed by atoms with van der Waals surface area (Å²) in [6, 6.07) is 11.3. The fourth-order valence-corrected chi connectivity index (χ4v) is 2.82. The van der Waals surface area contributed by atoms with Gasteiger partial charge in [0.1, 0.15) is 11.6 Å². The minimum Gasteiger partial charge on any atom is -0.207 e. The second-order valence-corrected chi connectivity index (χ2v) is 6.02. The molecule has 2 aromatic rings. The molecule has 2 rings (SSSR count). The lowest BCUT2D eigenvalue weighted by molar-refractivity contribution is 0.543. The van der Waals surface area contributed by atoms with Crippen LogP contribution in [0.2, 0.25) is 0 Å². The van der Waals surface area contributed by atoms with Crippen molar-refractivity contribution >= 4 is 27.5 Å². The van der Waals surface area contributed by atoms with Gasteiger partial charge in [-0.25, -0.2) is 8.78 Å². The highest BCUT2D eigenvalue weighted by Gasteiger charge is 2.13. The summed E-state index contributed by atoms with van der Waals surface area (Å²) in [5.74, 6) is -0.0167. The lowest BCUT2D eigenvalue weighted by atomic mass is 9.94. The molecular weight excluding hydrogens is 346 g/mol. The summed E-state index contributed by atoms with van der Waals surface area (Å²) < 4.78 is 27.8. The molecule has 0 radical (unpaired) electrons. The second-order valence-electron chi connectivity index (χ2n) is 4.79. The molecule has 0 fully saturated rings. The van der Waals surface area contributed by atoms with E-state index in [0.717, 1.165) is 10.0 Å². The molecule has 0 aromatic heterocycles. The van der Waals surface area contributed by atoms with Crippen molar-refractivity contribution in [3.05, 3.63) is 69.7 Å². The minimum absolute atomic E-state index is 0.0715. The normalized spacial score (nSPS) is 12.4. The number of benzene rings is 2. The number of hydrogen-bond donors (Lipinski definition) is 0. The molecule has 0 spiro atoms. The van der Waals surface area contributed by atoms with Crippen LogP contribution in [0.25, 0.3) is 0 Å². The van der Waals surface area contributed by atoms with Gasteiger partial charge in [0.2, 0.25) is 0 Å². The molecule has 0 aliphatic carbocycles. The van der Waals surface area contributed by atoms with Gasteiger partial charge in [-0.1, -0.05) is 28.1 Å². The van der Waals surface area contributed by atoms with E-state index in [2.05, 4.69) is 15.9 Å². The van der Waals surface area contributed by atoms with Crippen LogP contribution in [0, 0.1) is 17.6 Å². The van der Waals surface area contributed by atoms with Gasteiger partial charge in [-0.05, 0) is 60.2 Å². The lowest BCUT2D eigenvalue weighted by Gasteiger charge is -2.15. The number of hydrogen-bond acceptors (Lipinski definition) is 0. The van der Waals surface area contributed by atoms with Crippen LogP contribution < -0.4 is 0 Å². The zero-order valence-electron chi connectivity index (χ0n) is 10.8. The van der Waals surface area contributed by atoms with Gasteiger partial charge in [0.05, 0.1) is 0 Å². The Morgan fingerprint density at radius 2 is 1.85 bits per heavy atom. The first kappa shape index (κ1) is 15.5. The Hall–Kier alpha value is -0.930. The topological polar surface area (TPSA) is 0 Å². The van der Waals surface area contributed by atoms with E-state index >= 15 is 0 Å². The maximum atomic E-state index is 13.7. The summed E-state index contributed by atoms with van der Waals surface area (Å²) in [6.07, 6.45) is 1.17. The van der Waals surface area contributed by atoms with Crippen molar-refractivity contribution in [2.45, 2.75) is 12.8 Å². The Morgan fingerprint density at radius 1 is 1.05 bits per heavy atom. The van der Waals surface area contributed by atoms with E-state index in [1.54, 1.807) is 18.2 Å². The van der Waals surface area contributed by atoms with E-state index in [1.165, 1.54) is 18.2 Å². The van der Waals surface area contributed by atoms with Crippen molar-refractivity contribution in [1.29, 1.82) is 0 Å². The van der Waals surface area contributed by atoms with Crippen molar-refractivity contribution in [3.8, 4) is 0 Å². The van der Waals surface area contributed by atoms with E-state index in [-0.39, 0.29) is 17.6 Å². The van der Waals surface area contributed by atoms with Gasteiger partial charge in [0.25, 0.3) is 0 Å². The lowest BCUT2D eigenvalue weighted by Crippen LogP contribution is -2.11. The van der Waals surface area contributed by atoms with E-state index in [4.69, 9.17) is 11.6 Å². The maximum absolute atomic E-state index is 13.7. The van der Waals surface area contributed by atoms with E-state index in [1.807, 2.05) is 6.07 Å². The molecule has 20 heavy (non-hydrogen) atoms. The van der Waals surface area contributed by atoms with Crippen LogP contribution in [0.3, 0.4) is 0 Å². The predicted molar refractivity (Wildman–Crippen MR) is 82.1 cm³/mol. The quantitative estimate of drug-likeness (QED) is 0.630. The van der Waals surface area contributed by atoms with Crippen molar-refractivity contribution in [2.24, 2.45) is 5.92 Å². The number of alkyl halides is 1. The molecule has 0 N–H and O–H groups in total. The van der Waals surface area contributed by atoms with Crippen molar-refractivity contribution in [1.82, 2.24) is 0 Å². The molecule has 0 amide bonds. The fourth-order valence-electron chi connectivity index (χ4n) is 2.19. The first-order chi connectivity index (χ1) is 9.58. The van der Waals surface area contributed by atoms with Gasteiger partial charge in [-0.15, -0.1) is 11.6 Å². The van der Waals surface area contributed by atoms with Crippen LogP contribution in [-0.4, -0.2) is 5.88 Å². The van der Waals surface area contributed by atoms with Crippen LogP contribution in [0.1, 0.15) is 11.1 Å². The van der Waals surface area contributed by atoms with Gasteiger partial charge in [-0.3, -0.25) is 0 Å². The molecule has 1 atom stereocenters. The first-order valence-corrected chi connectivity index (χ1v) is 7.65. The molecule has 0 nitrogen and oxygen atoms in total. The molecule has 0 saturated carbocycles. The molecule has 0 aliphatic rings. The van der Waals surface area contributed by atoms with Crippen molar-refractivity contribution < 1.29 is 8.78 Å². The zero-order chi connectivity index (χ0) is 14.5. The van der Waals surface area contributed by atoms with Crippen LogP contribution in [-0.2, 0) is 12.8 Å². The van der Waals surface area contributed by atoms with Crippen LogP contribution >= 0.6 is 27.5 Å². The smallest absolute Gasteiger partial charge is 0.126 e. The summed E-state index contributed by atoms with van der Waals surface area (Å²) in [5.41, 5.74) is 1.51. The fraction of sp³-hybridized carbons (Fsp3) is 0.250. The minimum atomic E-state index is -0.260. The Bertz CT molecular complexity index is 586. The molecule has 4 heteroatoms. The van der Waals surface area contributed by atoms with E-state index in [9.17, 15) is 8.78 Å². The van der Waals surface area contributed by atoms with Crippen LogP contribution in [0.4, 0.5) is 8.78 Å². The highest BCUT2D eigenvalue weighted by molar-refractivity contribution is 9.10. The van der Waals surface area contributed by atoms with Gasteiger partial charge >= 0.3 is 0 Å². The van der Waals surface area contributed by atoms with E-state index < -0.39 is 0 Å².